The molecular formula is C12H16ClN3OS. The van der Waals surface area contributed by atoms with Crippen LogP contribution >= 0.6 is 22.9 Å². The zero-order valence-corrected chi connectivity index (χ0v) is 12.1. The summed E-state index contributed by atoms with van der Waals surface area (Å²) in [5.74, 6) is 1.41. The second kappa shape index (κ2) is 6.31. The molecule has 0 fully saturated rings. The maximum atomic E-state index is 5.53. The summed E-state index contributed by atoms with van der Waals surface area (Å²) in [5.41, 5.74) is 1.25. The summed E-state index contributed by atoms with van der Waals surface area (Å²) in [6.45, 7) is 6.14. The molecule has 0 saturated carbocycles. The van der Waals surface area contributed by atoms with Crippen LogP contribution in [0.5, 0.6) is 0 Å². The van der Waals surface area contributed by atoms with Crippen molar-refractivity contribution in [2.75, 3.05) is 31.0 Å². The first-order chi connectivity index (χ1) is 8.74. The van der Waals surface area contributed by atoms with Crippen LogP contribution in [0.1, 0.15) is 10.4 Å². The molecule has 0 spiro atoms. The average molecular weight is 286 g/mol. The van der Waals surface area contributed by atoms with Crippen molar-refractivity contribution in [1.29, 1.82) is 0 Å². The number of alkyl halides is 1. The number of fused-ring (bicyclic) bond motifs is 1. The predicted molar refractivity (Wildman–Crippen MR) is 76.9 cm³/mol. The lowest BCUT2D eigenvalue weighted by molar-refractivity contribution is 0.160. The van der Waals surface area contributed by atoms with Crippen LogP contribution in [-0.2, 0) is 4.74 Å². The summed E-state index contributed by atoms with van der Waals surface area (Å²) in [6.07, 6.45) is 1.60. The third kappa shape index (κ3) is 2.91. The van der Waals surface area contributed by atoms with E-state index < -0.39 is 0 Å². The molecule has 0 unspecified atom stereocenters. The summed E-state index contributed by atoms with van der Waals surface area (Å²) < 4.78 is 5.32. The first-order valence-electron chi connectivity index (χ1n) is 5.82. The number of ether oxygens (including phenoxy) is 1. The topological polar surface area (TPSA) is 47.0 Å². The molecule has 2 aromatic rings. The van der Waals surface area contributed by atoms with E-state index in [2.05, 4.69) is 29.1 Å². The Labute approximate surface area is 115 Å². The second-order valence-electron chi connectivity index (χ2n) is 3.91. The van der Waals surface area contributed by atoms with Crippen molar-refractivity contribution < 1.29 is 4.74 Å². The Balaban J connectivity index is 2.08. The van der Waals surface area contributed by atoms with Gasteiger partial charge in [0, 0.05) is 17.3 Å². The summed E-state index contributed by atoms with van der Waals surface area (Å²) in [6, 6.07) is 0. The van der Waals surface area contributed by atoms with Crippen LogP contribution < -0.4 is 5.32 Å². The average Bonchev–Trinajstić information content (AvgIpc) is 2.66. The highest BCUT2D eigenvalue weighted by Gasteiger charge is 2.11. The number of nitrogens with zero attached hydrogens (tertiary/aromatic N) is 2. The summed E-state index contributed by atoms with van der Waals surface area (Å²) in [4.78, 5) is 10.9. The van der Waals surface area contributed by atoms with Gasteiger partial charge in [0.25, 0.3) is 0 Å². The maximum Gasteiger partial charge on any atom is 0.138 e. The van der Waals surface area contributed by atoms with Crippen molar-refractivity contribution in [2.24, 2.45) is 0 Å². The maximum absolute atomic E-state index is 5.53. The van der Waals surface area contributed by atoms with Crippen LogP contribution in [-0.4, -0.2) is 35.6 Å². The zero-order valence-electron chi connectivity index (χ0n) is 10.5. The minimum absolute atomic E-state index is 0.528. The minimum atomic E-state index is 0.528. The van der Waals surface area contributed by atoms with Crippen molar-refractivity contribution in [1.82, 2.24) is 9.97 Å². The van der Waals surface area contributed by atoms with E-state index in [1.807, 2.05) is 0 Å². The molecule has 0 aliphatic heterocycles. The molecule has 0 aliphatic rings. The third-order valence-electron chi connectivity index (χ3n) is 2.73. The van der Waals surface area contributed by atoms with E-state index in [0.29, 0.717) is 19.1 Å². The lowest BCUT2D eigenvalue weighted by atomic mass is 10.2. The first-order valence-corrected chi connectivity index (χ1v) is 7.17. The minimum Gasteiger partial charge on any atom is -0.378 e. The fourth-order valence-electron chi connectivity index (χ4n) is 1.71. The van der Waals surface area contributed by atoms with Gasteiger partial charge in [0.15, 0.2) is 0 Å². The van der Waals surface area contributed by atoms with Gasteiger partial charge in [-0.25, -0.2) is 9.97 Å². The van der Waals surface area contributed by atoms with Gasteiger partial charge in [-0.2, -0.15) is 0 Å². The molecule has 0 aliphatic carbocycles. The largest absolute Gasteiger partial charge is 0.378 e. The highest BCUT2D eigenvalue weighted by Crippen LogP contribution is 2.32. The van der Waals surface area contributed by atoms with Gasteiger partial charge in [-0.15, -0.1) is 22.9 Å². The standard InChI is InChI=1S/C12H16ClN3OS/c1-8-9(2)18-12-10(8)11(15-7-16-12)14-4-6-17-5-3-13/h7H,3-6H2,1-2H3,(H,14,15,16). The van der Waals surface area contributed by atoms with E-state index in [-0.39, 0.29) is 0 Å². The van der Waals surface area contributed by atoms with Crippen LogP contribution in [0, 0.1) is 13.8 Å². The highest BCUT2D eigenvalue weighted by molar-refractivity contribution is 7.18. The lowest BCUT2D eigenvalue weighted by Crippen LogP contribution is -2.11. The highest BCUT2D eigenvalue weighted by atomic mass is 35.5. The monoisotopic (exact) mass is 285 g/mol. The number of aryl methyl sites for hydroxylation is 2. The summed E-state index contributed by atoms with van der Waals surface area (Å²) in [7, 11) is 0. The SMILES string of the molecule is Cc1sc2ncnc(NCCOCCCl)c2c1C. The van der Waals surface area contributed by atoms with E-state index in [1.165, 1.54) is 10.4 Å². The van der Waals surface area contributed by atoms with Gasteiger partial charge < -0.3 is 10.1 Å². The lowest BCUT2D eigenvalue weighted by Gasteiger charge is -2.07. The molecule has 2 heterocycles. The Morgan fingerprint density at radius 1 is 1.33 bits per heavy atom. The van der Waals surface area contributed by atoms with Crippen LogP contribution in [0.4, 0.5) is 5.82 Å². The molecule has 0 bridgehead atoms. The molecule has 6 heteroatoms. The third-order valence-corrected chi connectivity index (χ3v) is 4.00. The van der Waals surface area contributed by atoms with Gasteiger partial charge >= 0.3 is 0 Å². The number of rotatable bonds is 6. The van der Waals surface area contributed by atoms with Gasteiger partial charge in [-0.1, -0.05) is 0 Å². The smallest absolute Gasteiger partial charge is 0.138 e. The quantitative estimate of drug-likeness (QED) is 0.655. The Hall–Kier alpha value is -0.910. The Kier molecular flexibility index (Phi) is 4.74. The molecule has 0 atom stereocenters. The fourth-order valence-corrected chi connectivity index (χ4v) is 2.82. The number of aromatic nitrogens is 2. The van der Waals surface area contributed by atoms with Gasteiger partial charge in [0.05, 0.1) is 18.6 Å². The van der Waals surface area contributed by atoms with Crippen molar-refractivity contribution in [2.45, 2.75) is 13.8 Å². The number of thiophene rings is 1. The number of hydrogen-bond acceptors (Lipinski definition) is 5. The number of nitrogens with one attached hydrogen (secondary N) is 1. The molecule has 2 rings (SSSR count). The Bertz CT molecular complexity index is 529. The van der Waals surface area contributed by atoms with Gasteiger partial charge in [0.1, 0.15) is 17.0 Å². The second-order valence-corrected chi connectivity index (χ2v) is 5.49. The van der Waals surface area contributed by atoms with Crippen LogP contribution in [0.3, 0.4) is 0 Å². The zero-order chi connectivity index (χ0) is 13.0. The predicted octanol–water partition coefficient (Wildman–Crippen LogP) is 2.98. The van der Waals surface area contributed by atoms with E-state index in [4.69, 9.17) is 16.3 Å². The summed E-state index contributed by atoms with van der Waals surface area (Å²) in [5, 5.41) is 4.41. The van der Waals surface area contributed by atoms with Crippen LogP contribution in [0.2, 0.25) is 0 Å². The van der Waals surface area contributed by atoms with E-state index in [9.17, 15) is 0 Å². The normalized spacial score (nSPS) is 11.1. The van der Waals surface area contributed by atoms with Crippen LogP contribution in [0.15, 0.2) is 6.33 Å². The number of anilines is 1. The molecular weight excluding hydrogens is 270 g/mol. The van der Waals surface area contributed by atoms with E-state index in [1.54, 1.807) is 17.7 Å². The molecule has 0 aromatic carbocycles. The number of halogens is 1. The first kappa shape index (κ1) is 13.5. The number of hydrogen-bond donors (Lipinski definition) is 1. The molecule has 0 radical (unpaired) electrons. The molecule has 0 amide bonds. The molecule has 98 valence electrons. The fraction of sp³-hybridized carbons (Fsp3) is 0.500. The van der Waals surface area contributed by atoms with Crippen molar-refractivity contribution in [3.63, 3.8) is 0 Å². The van der Waals surface area contributed by atoms with Crippen molar-refractivity contribution >= 4 is 39.0 Å². The Morgan fingerprint density at radius 3 is 2.94 bits per heavy atom. The molecule has 1 N–H and O–H groups in total. The van der Waals surface area contributed by atoms with E-state index in [0.717, 1.165) is 22.6 Å². The van der Waals surface area contributed by atoms with Crippen molar-refractivity contribution in [3.8, 4) is 0 Å². The van der Waals surface area contributed by atoms with Gasteiger partial charge in [-0.3, -0.25) is 0 Å². The summed E-state index contributed by atoms with van der Waals surface area (Å²) >= 11 is 7.23. The van der Waals surface area contributed by atoms with Crippen LogP contribution in [0.25, 0.3) is 10.2 Å². The van der Waals surface area contributed by atoms with Gasteiger partial charge in [0.2, 0.25) is 0 Å². The molecule has 2 aromatic heterocycles. The molecule has 0 saturated heterocycles. The Morgan fingerprint density at radius 2 is 2.17 bits per heavy atom. The van der Waals surface area contributed by atoms with Crippen molar-refractivity contribution in [3.05, 3.63) is 16.8 Å². The van der Waals surface area contributed by atoms with E-state index >= 15 is 0 Å². The molecule has 4 nitrogen and oxygen atoms in total. The van der Waals surface area contributed by atoms with Gasteiger partial charge in [-0.05, 0) is 19.4 Å². The molecule has 18 heavy (non-hydrogen) atoms.